The van der Waals surface area contributed by atoms with E-state index in [1.165, 1.54) is 0 Å². The molecule has 1 heterocycles. The van der Waals surface area contributed by atoms with Gasteiger partial charge in [-0.1, -0.05) is 29.3 Å². The highest BCUT2D eigenvalue weighted by molar-refractivity contribution is 7.99. The van der Waals surface area contributed by atoms with Crippen LogP contribution in [0.15, 0.2) is 36.4 Å². The summed E-state index contributed by atoms with van der Waals surface area (Å²) in [5.41, 5.74) is 1.37. The van der Waals surface area contributed by atoms with Crippen LogP contribution in [0.2, 0.25) is 10.0 Å². The van der Waals surface area contributed by atoms with Gasteiger partial charge in [0.2, 0.25) is 0 Å². The molecule has 0 aromatic heterocycles. The number of amides is 2. The maximum atomic E-state index is 12.8. The van der Waals surface area contributed by atoms with Crippen LogP contribution in [0.4, 0.5) is 10.5 Å². The van der Waals surface area contributed by atoms with Gasteiger partial charge in [0.05, 0.1) is 30.0 Å². The van der Waals surface area contributed by atoms with Gasteiger partial charge < -0.3 is 19.7 Å². The van der Waals surface area contributed by atoms with Crippen LogP contribution in [0.25, 0.3) is 0 Å². The average Bonchev–Trinajstić information content (AvgIpc) is 3.14. The first kappa shape index (κ1) is 19.0. The number of ether oxygens (including phenoxy) is 2. The average molecular weight is 413 g/mol. The lowest BCUT2D eigenvalue weighted by atomic mass is 10.1. The number of carbonyl (C=O) groups is 1. The molecule has 26 heavy (non-hydrogen) atoms. The number of hydrogen-bond donors (Lipinski definition) is 1. The molecule has 2 amide bonds. The molecule has 1 saturated heterocycles. The van der Waals surface area contributed by atoms with Crippen molar-refractivity contribution in [2.75, 3.05) is 31.8 Å². The van der Waals surface area contributed by atoms with Crippen molar-refractivity contribution >= 4 is 46.7 Å². The van der Waals surface area contributed by atoms with Gasteiger partial charge >= 0.3 is 6.03 Å². The Hall–Kier alpha value is -1.76. The monoisotopic (exact) mass is 412 g/mol. The van der Waals surface area contributed by atoms with Crippen LogP contribution in [0.1, 0.15) is 10.9 Å². The van der Waals surface area contributed by atoms with E-state index in [4.69, 9.17) is 32.7 Å². The predicted molar refractivity (Wildman–Crippen MR) is 107 cm³/mol. The second kappa shape index (κ2) is 8.29. The molecule has 1 aliphatic rings. The fourth-order valence-electron chi connectivity index (χ4n) is 2.76. The molecular weight excluding hydrogens is 395 g/mol. The second-order valence-electron chi connectivity index (χ2n) is 5.56. The van der Waals surface area contributed by atoms with Crippen molar-refractivity contribution < 1.29 is 14.3 Å². The third-order valence-electron chi connectivity index (χ3n) is 4.05. The second-order valence-corrected chi connectivity index (χ2v) is 7.53. The van der Waals surface area contributed by atoms with Gasteiger partial charge in [-0.25, -0.2) is 4.79 Å². The van der Waals surface area contributed by atoms with E-state index in [0.29, 0.717) is 33.8 Å². The van der Waals surface area contributed by atoms with Gasteiger partial charge in [-0.3, -0.25) is 0 Å². The van der Waals surface area contributed by atoms with E-state index in [1.54, 1.807) is 49.1 Å². The maximum absolute atomic E-state index is 12.8. The summed E-state index contributed by atoms with van der Waals surface area (Å²) in [6, 6.07) is 10.5. The molecule has 8 heteroatoms. The van der Waals surface area contributed by atoms with Gasteiger partial charge in [0.1, 0.15) is 16.9 Å². The van der Waals surface area contributed by atoms with Crippen LogP contribution in [0, 0.1) is 0 Å². The molecule has 0 spiro atoms. The predicted octanol–water partition coefficient (Wildman–Crippen LogP) is 5.29. The first-order valence-electron chi connectivity index (χ1n) is 7.90. The fourth-order valence-corrected chi connectivity index (χ4v) is 4.37. The van der Waals surface area contributed by atoms with Gasteiger partial charge in [0.25, 0.3) is 0 Å². The molecule has 2 aromatic carbocycles. The molecule has 0 unspecified atom stereocenters. The number of anilines is 1. The highest BCUT2D eigenvalue weighted by Crippen LogP contribution is 2.43. The summed E-state index contributed by atoms with van der Waals surface area (Å²) in [4.78, 5) is 14.6. The van der Waals surface area contributed by atoms with Gasteiger partial charge in [-0.2, -0.15) is 0 Å². The molecule has 2 aromatic rings. The van der Waals surface area contributed by atoms with Crippen LogP contribution in [0.3, 0.4) is 0 Å². The first-order chi connectivity index (χ1) is 12.5. The summed E-state index contributed by atoms with van der Waals surface area (Å²) in [6.45, 7) is 0.611. The van der Waals surface area contributed by atoms with Crippen molar-refractivity contribution in [3.8, 4) is 11.5 Å². The van der Waals surface area contributed by atoms with Crippen LogP contribution in [-0.4, -0.2) is 37.4 Å². The van der Waals surface area contributed by atoms with E-state index in [2.05, 4.69) is 5.32 Å². The molecule has 1 aliphatic heterocycles. The lowest BCUT2D eigenvalue weighted by molar-refractivity contribution is 0.213. The number of methoxy groups -OCH3 is 2. The number of halogens is 2. The summed E-state index contributed by atoms with van der Waals surface area (Å²) in [6.07, 6.45) is 0. The van der Waals surface area contributed by atoms with Gasteiger partial charge in [-0.15, -0.1) is 11.8 Å². The van der Waals surface area contributed by atoms with E-state index in [1.807, 2.05) is 18.2 Å². The van der Waals surface area contributed by atoms with Gasteiger partial charge in [0.15, 0.2) is 0 Å². The minimum Gasteiger partial charge on any atom is -0.497 e. The third-order valence-corrected chi connectivity index (χ3v) is 6.11. The van der Waals surface area contributed by atoms with Gasteiger partial charge in [0, 0.05) is 17.9 Å². The topological polar surface area (TPSA) is 50.8 Å². The standard InChI is InChI=1S/C18H18Cl2N2O3S/c1-24-11-6-7-15(25-2)12(10-11)17-22(8-9-26-17)18(23)21-14-5-3-4-13(19)16(14)20/h3-7,10,17H,8-9H2,1-2H3,(H,21,23)/t17-/m1/s1. The number of hydrogen-bond acceptors (Lipinski definition) is 4. The van der Waals surface area contributed by atoms with Crippen LogP contribution in [-0.2, 0) is 0 Å². The summed E-state index contributed by atoms with van der Waals surface area (Å²) < 4.78 is 10.8. The summed E-state index contributed by atoms with van der Waals surface area (Å²) >= 11 is 13.9. The molecule has 5 nitrogen and oxygen atoms in total. The van der Waals surface area contributed by atoms with Gasteiger partial charge in [-0.05, 0) is 30.3 Å². The largest absolute Gasteiger partial charge is 0.497 e. The number of thioether (sulfide) groups is 1. The number of nitrogens with zero attached hydrogens (tertiary/aromatic N) is 1. The Labute approximate surface area is 166 Å². The van der Waals surface area contributed by atoms with Crippen LogP contribution in [0.5, 0.6) is 11.5 Å². The Bertz CT molecular complexity index is 819. The van der Waals surface area contributed by atoms with Crippen molar-refractivity contribution in [2.24, 2.45) is 0 Å². The highest BCUT2D eigenvalue weighted by Gasteiger charge is 2.33. The van der Waals surface area contributed by atoms with Crippen molar-refractivity contribution in [1.82, 2.24) is 4.90 Å². The zero-order valence-corrected chi connectivity index (χ0v) is 16.6. The summed E-state index contributed by atoms with van der Waals surface area (Å²) in [5, 5.41) is 3.38. The number of urea groups is 1. The zero-order chi connectivity index (χ0) is 18.7. The maximum Gasteiger partial charge on any atom is 0.323 e. The van der Waals surface area contributed by atoms with Crippen molar-refractivity contribution in [3.63, 3.8) is 0 Å². The molecule has 3 rings (SSSR count). The van der Waals surface area contributed by atoms with Crippen LogP contribution >= 0.6 is 35.0 Å². The van der Waals surface area contributed by atoms with E-state index in [-0.39, 0.29) is 11.4 Å². The Morgan fingerprint density at radius 2 is 2.04 bits per heavy atom. The van der Waals surface area contributed by atoms with E-state index in [0.717, 1.165) is 11.3 Å². The molecular formula is C18H18Cl2N2O3S. The molecule has 0 radical (unpaired) electrons. The lowest BCUT2D eigenvalue weighted by Gasteiger charge is -2.26. The summed E-state index contributed by atoms with van der Waals surface area (Å²) in [7, 11) is 3.22. The molecule has 0 bridgehead atoms. The lowest BCUT2D eigenvalue weighted by Crippen LogP contribution is -2.34. The Morgan fingerprint density at radius 3 is 2.77 bits per heavy atom. The van der Waals surface area contributed by atoms with Crippen molar-refractivity contribution in [1.29, 1.82) is 0 Å². The normalized spacial score (nSPS) is 16.5. The number of nitrogens with one attached hydrogen (secondary N) is 1. The minimum absolute atomic E-state index is 0.182. The molecule has 1 atom stereocenters. The fraction of sp³-hybridized carbons (Fsp3) is 0.278. The Morgan fingerprint density at radius 1 is 1.23 bits per heavy atom. The minimum atomic E-state index is -0.242. The summed E-state index contributed by atoms with van der Waals surface area (Å²) in [5.74, 6) is 2.25. The van der Waals surface area contributed by atoms with Crippen molar-refractivity contribution in [3.05, 3.63) is 52.0 Å². The quantitative estimate of drug-likeness (QED) is 0.740. The van der Waals surface area contributed by atoms with Crippen LogP contribution < -0.4 is 14.8 Å². The number of benzene rings is 2. The third kappa shape index (κ3) is 3.82. The molecule has 1 N–H and O–H groups in total. The smallest absolute Gasteiger partial charge is 0.323 e. The molecule has 1 fully saturated rings. The van der Waals surface area contributed by atoms with E-state index in [9.17, 15) is 4.79 Å². The zero-order valence-electron chi connectivity index (χ0n) is 14.3. The SMILES string of the molecule is COc1ccc(OC)c([C@H]2SCCN2C(=O)Nc2cccc(Cl)c2Cl)c1. The van der Waals surface area contributed by atoms with E-state index < -0.39 is 0 Å². The highest BCUT2D eigenvalue weighted by atomic mass is 35.5. The molecule has 0 aliphatic carbocycles. The molecule has 138 valence electrons. The first-order valence-corrected chi connectivity index (χ1v) is 9.70. The van der Waals surface area contributed by atoms with E-state index >= 15 is 0 Å². The Kier molecular flexibility index (Phi) is 6.06. The number of carbonyl (C=O) groups excluding carboxylic acids is 1. The van der Waals surface area contributed by atoms with Crippen molar-refractivity contribution in [2.45, 2.75) is 5.37 Å². The molecule has 0 saturated carbocycles. The Balaban J connectivity index is 1.86. The number of rotatable bonds is 4.